The molecule has 0 atom stereocenters. The molecule has 2 aromatic rings. The molecule has 0 bridgehead atoms. The Morgan fingerprint density at radius 1 is 1.48 bits per heavy atom. The summed E-state index contributed by atoms with van der Waals surface area (Å²) in [5, 5.41) is 22.6. The molecule has 9 heteroatoms. The highest BCUT2D eigenvalue weighted by Gasteiger charge is 2.17. The van der Waals surface area contributed by atoms with Gasteiger partial charge in [0.15, 0.2) is 5.69 Å². The number of pyridine rings is 1. The molecule has 0 aliphatic rings. The van der Waals surface area contributed by atoms with Gasteiger partial charge in [0, 0.05) is 31.5 Å². The standard InChI is InChI=1S/C12H13N5O4/c18-12(19)9-2-3-10(17(20)21)11(15-9)14-4-1-6-16-7-5-13-8-16/h2-3,5,7-8H,1,4,6H2,(H,14,15)(H,18,19). The zero-order chi connectivity index (χ0) is 15.2. The molecule has 0 fully saturated rings. The van der Waals surface area contributed by atoms with E-state index in [1.807, 2.05) is 10.8 Å². The van der Waals surface area contributed by atoms with Gasteiger partial charge >= 0.3 is 11.7 Å². The van der Waals surface area contributed by atoms with Crippen LogP contribution in [0.4, 0.5) is 11.5 Å². The van der Waals surface area contributed by atoms with Crippen LogP contribution in [0.2, 0.25) is 0 Å². The Hall–Kier alpha value is -2.97. The minimum absolute atomic E-state index is 0.0365. The molecule has 0 amide bonds. The van der Waals surface area contributed by atoms with Gasteiger partial charge in [-0.3, -0.25) is 10.1 Å². The van der Waals surface area contributed by atoms with Crippen LogP contribution in [0.15, 0.2) is 30.9 Å². The van der Waals surface area contributed by atoms with Crippen LogP contribution >= 0.6 is 0 Å². The third-order valence-electron chi connectivity index (χ3n) is 2.73. The van der Waals surface area contributed by atoms with Crippen LogP contribution in [0.3, 0.4) is 0 Å². The number of nitrogens with one attached hydrogen (secondary N) is 1. The van der Waals surface area contributed by atoms with Crippen LogP contribution in [0.25, 0.3) is 0 Å². The quantitative estimate of drug-likeness (QED) is 0.448. The van der Waals surface area contributed by atoms with Crippen molar-refractivity contribution in [1.82, 2.24) is 14.5 Å². The number of aromatic nitrogens is 3. The van der Waals surface area contributed by atoms with E-state index in [9.17, 15) is 14.9 Å². The Morgan fingerprint density at radius 2 is 2.29 bits per heavy atom. The second kappa shape index (κ2) is 6.46. The van der Waals surface area contributed by atoms with Crippen LogP contribution in [-0.2, 0) is 6.54 Å². The number of nitro groups is 1. The van der Waals surface area contributed by atoms with Gasteiger partial charge in [-0.25, -0.2) is 14.8 Å². The first-order valence-corrected chi connectivity index (χ1v) is 6.16. The number of carbonyl (C=O) groups is 1. The second-order valence-electron chi connectivity index (χ2n) is 4.21. The fraction of sp³-hybridized carbons (Fsp3) is 0.250. The number of anilines is 1. The highest BCUT2D eigenvalue weighted by Crippen LogP contribution is 2.22. The van der Waals surface area contributed by atoms with Crippen LogP contribution in [0.1, 0.15) is 16.9 Å². The van der Waals surface area contributed by atoms with E-state index in [2.05, 4.69) is 15.3 Å². The summed E-state index contributed by atoms with van der Waals surface area (Å²) in [6, 6.07) is 2.24. The van der Waals surface area contributed by atoms with E-state index in [1.165, 1.54) is 0 Å². The number of carboxylic acids is 1. The normalized spacial score (nSPS) is 10.3. The Morgan fingerprint density at radius 3 is 2.90 bits per heavy atom. The Labute approximate surface area is 119 Å². The molecular formula is C12H13N5O4. The van der Waals surface area contributed by atoms with Crippen molar-refractivity contribution in [2.45, 2.75) is 13.0 Å². The lowest BCUT2D eigenvalue weighted by Gasteiger charge is -2.07. The van der Waals surface area contributed by atoms with Crippen molar-refractivity contribution < 1.29 is 14.8 Å². The molecule has 0 aliphatic carbocycles. The van der Waals surface area contributed by atoms with Gasteiger partial charge in [-0.15, -0.1) is 0 Å². The molecule has 21 heavy (non-hydrogen) atoms. The van der Waals surface area contributed by atoms with Gasteiger partial charge in [0.2, 0.25) is 5.82 Å². The molecule has 2 aromatic heterocycles. The highest BCUT2D eigenvalue weighted by atomic mass is 16.6. The van der Waals surface area contributed by atoms with Gasteiger partial charge in [-0.05, 0) is 12.5 Å². The van der Waals surface area contributed by atoms with Crippen molar-refractivity contribution in [2.24, 2.45) is 0 Å². The topological polar surface area (TPSA) is 123 Å². The van der Waals surface area contributed by atoms with Crippen molar-refractivity contribution in [3.05, 3.63) is 46.7 Å². The summed E-state index contributed by atoms with van der Waals surface area (Å²) in [5.41, 5.74) is -0.486. The number of imidazole rings is 1. The highest BCUT2D eigenvalue weighted by molar-refractivity contribution is 5.86. The number of carboxylic acid groups (broad SMARTS) is 1. The molecular weight excluding hydrogens is 278 g/mol. The molecule has 2 N–H and O–H groups in total. The predicted octanol–water partition coefficient (Wildman–Crippen LogP) is 1.39. The average Bonchev–Trinajstić information content (AvgIpc) is 2.96. The van der Waals surface area contributed by atoms with E-state index >= 15 is 0 Å². The summed E-state index contributed by atoms with van der Waals surface area (Å²) >= 11 is 0. The Kier molecular flexibility index (Phi) is 4.44. The molecule has 2 heterocycles. The van der Waals surface area contributed by atoms with Crippen molar-refractivity contribution in [1.29, 1.82) is 0 Å². The van der Waals surface area contributed by atoms with E-state index in [-0.39, 0.29) is 17.2 Å². The summed E-state index contributed by atoms with van der Waals surface area (Å²) in [4.78, 5) is 28.8. The third kappa shape index (κ3) is 3.75. The number of aryl methyl sites for hydroxylation is 1. The van der Waals surface area contributed by atoms with Gasteiger partial charge in [0.1, 0.15) is 0 Å². The molecule has 9 nitrogen and oxygen atoms in total. The fourth-order valence-corrected chi connectivity index (χ4v) is 1.74. The van der Waals surface area contributed by atoms with E-state index in [0.29, 0.717) is 19.5 Å². The van der Waals surface area contributed by atoms with Gasteiger partial charge in [0.25, 0.3) is 0 Å². The molecule has 2 rings (SSSR count). The number of aromatic carboxylic acids is 1. The van der Waals surface area contributed by atoms with Gasteiger partial charge in [-0.1, -0.05) is 0 Å². The summed E-state index contributed by atoms with van der Waals surface area (Å²) < 4.78 is 1.87. The number of nitrogens with zero attached hydrogens (tertiary/aromatic N) is 4. The molecule has 110 valence electrons. The number of hydrogen-bond acceptors (Lipinski definition) is 6. The van der Waals surface area contributed by atoms with Crippen LogP contribution in [0.5, 0.6) is 0 Å². The molecule has 0 saturated carbocycles. The Balaban J connectivity index is 2.01. The first-order valence-electron chi connectivity index (χ1n) is 6.16. The SMILES string of the molecule is O=C(O)c1ccc([N+](=O)[O-])c(NCCCn2ccnc2)n1. The maximum absolute atomic E-state index is 10.9. The lowest BCUT2D eigenvalue weighted by atomic mass is 10.3. The average molecular weight is 291 g/mol. The fourth-order valence-electron chi connectivity index (χ4n) is 1.74. The monoisotopic (exact) mass is 291 g/mol. The van der Waals surface area contributed by atoms with Gasteiger partial charge in [-0.2, -0.15) is 0 Å². The smallest absolute Gasteiger partial charge is 0.354 e. The summed E-state index contributed by atoms with van der Waals surface area (Å²) in [7, 11) is 0. The van der Waals surface area contributed by atoms with E-state index in [4.69, 9.17) is 5.11 Å². The maximum Gasteiger partial charge on any atom is 0.354 e. The van der Waals surface area contributed by atoms with Gasteiger partial charge in [0.05, 0.1) is 11.3 Å². The lowest BCUT2D eigenvalue weighted by molar-refractivity contribution is -0.384. The zero-order valence-electron chi connectivity index (χ0n) is 11.0. The molecule has 0 radical (unpaired) electrons. The lowest BCUT2D eigenvalue weighted by Crippen LogP contribution is -2.11. The van der Waals surface area contributed by atoms with Gasteiger partial charge < -0.3 is 15.0 Å². The maximum atomic E-state index is 10.9. The number of hydrogen-bond donors (Lipinski definition) is 2. The van der Waals surface area contributed by atoms with Crippen LogP contribution in [-0.4, -0.2) is 37.1 Å². The molecule has 0 aromatic carbocycles. The number of rotatable bonds is 7. The largest absolute Gasteiger partial charge is 0.477 e. The minimum atomic E-state index is -1.23. The summed E-state index contributed by atoms with van der Waals surface area (Å²) in [6.45, 7) is 1.12. The van der Waals surface area contributed by atoms with E-state index < -0.39 is 10.9 Å². The van der Waals surface area contributed by atoms with Crippen molar-refractivity contribution >= 4 is 17.5 Å². The first kappa shape index (κ1) is 14.4. The molecule has 0 aliphatic heterocycles. The second-order valence-corrected chi connectivity index (χ2v) is 4.21. The van der Waals surface area contributed by atoms with Crippen LogP contribution < -0.4 is 5.32 Å². The molecule has 0 spiro atoms. The Bertz CT molecular complexity index is 641. The first-order chi connectivity index (χ1) is 10.1. The summed E-state index contributed by atoms with van der Waals surface area (Å²) in [5.74, 6) is -1.27. The van der Waals surface area contributed by atoms with Crippen molar-refractivity contribution in [3.63, 3.8) is 0 Å². The van der Waals surface area contributed by atoms with Crippen LogP contribution in [0, 0.1) is 10.1 Å². The predicted molar refractivity (Wildman–Crippen MR) is 73.2 cm³/mol. The molecule has 0 saturated heterocycles. The molecule has 0 unspecified atom stereocenters. The van der Waals surface area contributed by atoms with E-state index in [1.54, 1.807) is 12.5 Å². The van der Waals surface area contributed by atoms with Crippen molar-refractivity contribution in [3.8, 4) is 0 Å². The summed E-state index contributed by atoms with van der Waals surface area (Å²) in [6.07, 6.45) is 5.83. The zero-order valence-corrected chi connectivity index (χ0v) is 11.0. The van der Waals surface area contributed by atoms with E-state index in [0.717, 1.165) is 12.1 Å². The third-order valence-corrected chi connectivity index (χ3v) is 2.73. The minimum Gasteiger partial charge on any atom is -0.477 e. The van der Waals surface area contributed by atoms with Crippen molar-refractivity contribution in [2.75, 3.05) is 11.9 Å².